The maximum absolute atomic E-state index is 2.79. The van der Waals surface area contributed by atoms with Crippen molar-refractivity contribution >= 4 is 0 Å². The molecule has 0 aromatic heterocycles. The second-order valence-corrected chi connectivity index (χ2v) is 10.5. The zero-order valence-corrected chi connectivity index (χ0v) is 21.6. The van der Waals surface area contributed by atoms with E-state index in [2.05, 4.69) is 37.5 Å². The van der Waals surface area contributed by atoms with Gasteiger partial charge in [0.05, 0.1) is 0 Å². The predicted molar refractivity (Wildman–Crippen MR) is 136 cm³/mol. The molecule has 2 heteroatoms. The molecule has 1 heterocycles. The molecule has 0 amide bonds. The third-order valence-corrected chi connectivity index (χ3v) is 7.38. The normalized spacial score (nSPS) is 18.0. The summed E-state index contributed by atoms with van der Waals surface area (Å²) in [5.74, 6) is 1.89. The minimum absolute atomic E-state index is 0.941. The lowest BCUT2D eigenvalue weighted by Gasteiger charge is -2.36. The van der Waals surface area contributed by atoms with Crippen molar-refractivity contribution in [3.8, 4) is 0 Å². The van der Waals surface area contributed by atoms with Gasteiger partial charge in [0.15, 0.2) is 0 Å². The first kappa shape index (κ1) is 28.0. The maximum Gasteiger partial charge on any atom is 0.0110 e. The SMILES string of the molecule is CCCCCCC(C)CCCCN1CCN(CC(CCCC)CCCCCC)CC1. The van der Waals surface area contributed by atoms with Crippen LogP contribution in [0, 0.1) is 11.8 Å². The Bertz CT molecular complexity index is 349. The highest BCUT2D eigenvalue weighted by molar-refractivity contribution is 4.75. The maximum atomic E-state index is 2.79. The largest absolute Gasteiger partial charge is 0.301 e. The summed E-state index contributed by atoms with van der Waals surface area (Å²) >= 11 is 0. The van der Waals surface area contributed by atoms with E-state index in [-0.39, 0.29) is 0 Å². The molecule has 2 unspecified atom stereocenters. The minimum atomic E-state index is 0.941. The molecular formula is C28H58N2. The first-order valence-corrected chi connectivity index (χ1v) is 14.1. The monoisotopic (exact) mass is 422 g/mol. The van der Waals surface area contributed by atoms with E-state index in [1.807, 2.05) is 0 Å². The number of rotatable bonds is 20. The lowest BCUT2D eigenvalue weighted by molar-refractivity contribution is 0.111. The molecule has 2 nitrogen and oxygen atoms in total. The summed E-state index contributed by atoms with van der Waals surface area (Å²) in [5, 5.41) is 0. The number of unbranched alkanes of at least 4 members (excludes halogenated alkanes) is 8. The van der Waals surface area contributed by atoms with Crippen molar-refractivity contribution in [1.82, 2.24) is 9.80 Å². The van der Waals surface area contributed by atoms with Crippen molar-refractivity contribution in [2.24, 2.45) is 11.8 Å². The van der Waals surface area contributed by atoms with Crippen LogP contribution in [0.5, 0.6) is 0 Å². The summed E-state index contributed by atoms with van der Waals surface area (Å²) < 4.78 is 0. The van der Waals surface area contributed by atoms with Crippen LogP contribution in [0.15, 0.2) is 0 Å². The second kappa shape index (κ2) is 19.6. The molecular weight excluding hydrogens is 364 g/mol. The Balaban J connectivity index is 2.11. The van der Waals surface area contributed by atoms with E-state index >= 15 is 0 Å². The first-order valence-electron chi connectivity index (χ1n) is 14.1. The Kier molecular flexibility index (Phi) is 18.3. The van der Waals surface area contributed by atoms with Crippen LogP contribution >= 0.6 is 0 Å². The summed E-state index contributed by atoms with van der Waals surface area (Å²) in [6.45, 7) is 17.4. The van der Waals surface area contributed by atoms with Crippen LogP contribution in [-0.2, 0) is 0 Å². The second-order valence-electron chi connectivity index (χ2n) is 10.5. The van der Waals surface area contributed by atoms with E-state index in [9.17, 15) is 0 Å². The third kappa shape index (κ3) is 14.8. The Morgan fingerprint density at radius 3 is 1.63 bits per heavy atom. The average Bonchev–Trinajstić information content (AvgIpc) is 2.76. The zero-order chi connectivity index (χ0) is 21.9. The molecule has 1 fully saturated rings. The molecule has 0 aliphatic carbocycles. The molecule has 1 aliphatic rings. The molecule has 0 spiro atoms. The van der Waals surface area contributed by atoms with Gasteiger partial charge in [-0.3, -0.25) is 0 Å². The van der Waals surface area contributed by atoms with E-state index < -0.39 is 0 Å². The van der Waals surface area contributed by atoms with Crippen molar-refractivity contribution in [2.75, 3.05) is 39.3 Å². The standard InChI is InChI=1S/C28H58N2/c1-5-8-11-13-17-27(4)18-15-16-21-29-22-24-30(25-23-29)26-28(19-10-7-3)20-14-12-9-6-2/h27-28H,5-26H2,1-4H3. The van der Waals surface area contributed by atoms with E-state index in [0.717, 1.165) is 11.8 Å². The van der Waals surface area contributed by atoms with Gasteiger partial charge in [-0.05, 0) is 37.6 Å². The van der Waals surface area contributed by atoms with Gasteiger partial charge in [0.25, 0.3) is 0 Å². The quantitative estimate of drug-likeness (QED) is 0.183. The molecule has 30 heavy (non-hydrogen) atoms. The highest BCUT2D eigenvalue weighted by atomic mass is 15.3. The van der Waals surface area contributed by atoms with Gasteiger partial charge >= 0.3 is 0 Å². The van der Waals surface area contributed by atoms with Crippen molar-refractivity contribution in [1.29, 1.82) is 0 Å². The van der Waals surface area contributed by atoms with Gasteiger partial charge < -0.3 is 9.80 Å². The molecule has 0 radical (unpaired) electrons. The lowest BCUT2D eigenvalue weighted by Crippen LogP contribution is -2.47. The van der Waals surface area contributed by atoms with E-state index in [4.69, 9.17) is 0 Å². The summed E-state index contributed by atoms with van der Waals surface area (Å²) in [4.78, 5) is 5.53. The molecule has 0 saturated carbocycles. The summed E-state index contributed by atoms with van der Waals surface area (Å²) in [6, 6.07) is 0. The zero-order valence-electron chi connectivity index (χ0n) is 21.6. The van der Waals surface area contributed by atoms with Crippen LogP contribution in [0.4, 0.5) is 0 Å². The van der Waals surface area contributed by atoms with Gasteiger partial charge in [-0.2, -0.15) is 0 Å². The lowest BCUT2D eigenvalue weighted by atomic mass is 9.94. The fourth-order valence-electron chi connectivity index (χ4n) is 5.13. The van der Waals surface area contributed by atoms with Gasteiger partial charge in [0, 0.05) is 32.7 Å². The van der Waals surface area contributed by atoms with Crippen LogP contribution < -0.4 is 0 Å². The summed E-state index contributed by atoms with van der Waals surface area (Å²) in [6.07, 6.45) is 22.8. The Morgan fingerprint density at radius 2 is 1.03 bits per heavy atom. The molecule has 0 bridgehead atoms. The van der Waals surface area contributed by atoms with E-state index in [1.54, 1.807) is 0 Å². The van der Waals surface area contributed by atoms with E-state index in [1.165, 1.54) is 142 Å². The molecule has 0 aromatic rings. The van der Waals surface area contributed by atoms with Crippen LogP contribution in [0.1, 0.15) is 130 Å². The number of piperazine rings is 1. The number of hydrogen-bond donors (Lipinski definition) is 0. The molecule has 1 rings (SSSR count). The van der Waals surface area contributed by atoms with Gasteiger partial charge in [0.1, 0.15) is 0 Å². The fourth-order valence-corrected chi connectivity index (χ4v) is 5.13. The van der Waals surface area contributed by atoms with E-state index in [0.29, 0.717) is 0 Å². The Morgan fingerprint density at radius 1 is 0.533 bits per heavy atom. The fraction of sp³-hybridized carbons (Fsp3) is 1.00. The molecule has 1 aliphatic heterocycles. The van der Waals surface area contributed by atoms with Crippen LogP contribution in [0.3, 0.4) is 0 Å². The highest BCUT2D eigenvalue weighted by Crippen LogP contribution is 2.20. The summed E-state index contributed by atoms with van der Waals surface area (Å²) in [7, 11) is 0. The molecule has 2 atom stereocenters. The van der Waals surface area contributed by atoms with Crippen molar-refractivity contribution in [2.45, 2.75) is 130 Å². The van der Waals surface area contributed by atoms with Crippen LogP contribution in [0.2, 0.25) is 0 Å². The van der Waals surface area contributed by atoms with Gasteiger partial charge in [-0.25, -0.2) is 0 Å². The third-order valence-electron chi connectivity index (χ3n) is 7.38. The highest BCUT2D eigenvalue weighted by Gasteiger charge is 2.19. The van der Waals surface area contributed by atoms with Crippen molar-refractivity contribution < 1.29 is 0 Å². The van der Waals surface area contributed by atoms with Crippen LogP contribution in [0.25, 0.3) is 0 Å². The molecule has 0 aromatic carbocycles. The topological polar surface area (TPSA) is 6.48 Å². The number of hydrogen-bond acceptors (Lipinski definition) is 2. The van der Waals surface area contributed by atoms with Crippen molar-refractivity contribution in [3.63, 3.8) is 0 Å². The molecule has 180 valence electrons. The first-order chi connectivity index (χ1) is 14.7. The van der Waals surface area contributed by atoms with Gasteiger partial charge in [-0.1, -0.05) is 111 Å². The average molecular weight is 423 g/mol. The Hall–Kier alpha value is -0.0800. The van der Waals surface area contributed by atoms with Gasteiger partial charge in [0.2, 0.25) is 0 Å². The number of nitrogens with zero attached hydrogens (tertiary/aromatic N) is 2. The smallest absolute Gasteiger partial charge is 0.0110 e. The van der Waals surface area contributed by atoms with Crippen molar-refractivity contribution in [3.05, 3.63) is 0 Å². The van der Waals surface area contributed by atoms with Gasteiger partial charge in [-0.15, -0.1) is 0 Å². The molecule has 1 saturated heterocycles. The minimum Gasteiger partial charge on any atom is -0.301 e. The predicted octanol–water partition coefficient (Wildman–Crippen LogP) is 8.16. The van der Waals surface area contributed by atoms with Crippen LogP contribution in [-0.4, -0.2) is 49.1 Å². The Labute approximate surface area is 191 Å². The summed E-state index contributed by atoms with van der Waals surface area (Å²) in [5.41, 5.74) is 0. The molecule has 0 N–H and O–H groups in total.